The van der Waals surface area contributed by atoms with Gasteiger partial charge in [-0.3, -0.25) is 0 Å². The molecule has 8 aromatic carbocycles. The Balaban J connectivity index is 1.49. The van der Waals surface area contributed by atoms with Crippen LogP contribution in [0.25, 0.3) is 88.0 Å². The van der Waals surface area contributed by atoms with Crippen LogP contribution >= 0.6 is 0 Å². The van der Waals surface area contributed by atoms with Crippen LogP contribution in [0.15, 0.2) is 174 Å². The zero-order chi connectivity index (χ0) is 37.6. The first-order valence-electron chi connectivity index (χ1n) is 19.2. The van der Waals surface area contributed by atoms with Crippen molar-refractivity contribution in [2.75, 3.05) is 0 Å². The van der Waals surface area contributed by atoms with Crippen LogP contribution in [-0.2, 0) is 0 Å². The number of fused-ring (bicyclic) bond motifs is 5. The average molecular weight is 582 g/mol. The molecular weight excluding hydrogens is 544 g/mol. The smallest absolute Gasteiger partial charge is 0.136 e. The number of hydrogen-bond donors (Lipinski definition) is 0. The fourth-order valence-electron chi connectivity index (χ4n) is 6.52. The first kappa shape index (κ1) is 18.0. The van der Waals surface area contributed by atoms with Gasteiger partial charge in [-0.05, 0) is 72.6 Å². The molecule has 0 radical (unpaired) electrons. The zero-order valence-corrected chi connectivity index (χ0v) is 23.9. The van der Waals surface area contributed by atoms with E-state index in [-0.39, 0.29) is 52.9 Å². The minimum atomic E-state index is -0.483. The Morgan fingerprint density at radius 3 is 1.58 bits per heavy atom. The summed E-state index contributed by atoms with van der Waals surface area (Å²) < 4.78 is 86.9. The highest BCUT2D eigenvalue weighted by Gasteiger charge is 2.23. The lowest BCUT2D eigenvalue weighted by Gasteiger charge is -2.20. The second kappa shape index (κ2) is 10.4. The molecular formula is C44H28O. The largest absolute Gasteiger partial charge is 0.456 e. The standard InChI is InChI=1S/C44H28O/c1-3-13-29(14-4-1)30-23-25-32(26-24-30)41-34-17-7-9-19-36(34)42(37-20-10-8-18-35(37)41)44-33(31-15-5-2-6-16-31)27-28-40-43(44)38-21-11-12-22-39(38)45-40/h1-28H/i2D,5D,6D,15D,16D,23D,24D,25D,26D. The number of rotatable bonds is 4. The van der Waals surface area contributed by atoms with Gasteiger partial charge in [-0.2, -0.15) is 0 Å². The van der Waals surface area contributed by atoms with Crippen LogP contribution in [0.2, 0.25) is 0 Å². The summed E-state index contributed by atoms with van der Waals surface area (Å²) in [7, 11) is 0. The molecule has 0 N–H and O–H groups in total. The summed E-state index contributed by atoms with van der Waals surface area (Å²) in [6.45, 7) is 0. The van der Waals surface area contributed by atoms with Crippen LogP contribution in [0.4, 0.5) is 0 Å². The van der Waals surface area contributed by atoms with Crippen molar-refractivity contribution in [2.24, 2.45) is 0 Å². The Hall–Kier alpha value is -5.92. The molecule has 0 atom stereocenters. The lowest BCUT2D eigenvalue weighted by Crippen LogP contribution is -1.93. The molecule has 0 bridgehead atoms. The monoisotopic (exact) mass is 581 g/mol. The summed E-state index contributed by atoms with van der Waals surface area (Å²) in [5.74, 6) is 0. The summed E-state index contributed by atoms with van der Waals surface area (Å²) in [6, 6.07) is 32.6. The molecule has 0 aliphatic rings. The fraction of sp³-hybridized carbons (Fsp3) is 0. The number of para-hydroxylation sites is 1. The van der Waals surface area contributed by atoms with Crippen LogP contribution in [0.1, 0.15) is 12.3 Å². The zero-order valence-electron chi connectivity index (χ0n) is 32.9. The molecule has 0 aliphatic heterocycles. The number of hydrogen-bond acceptors (Lipinski definition) is 1. The molecule has 0 saturated carbocycles. The van der Waals surface area contributed by atoms with E-state index in [9.17, 15) is 2.74 Å². The van der Waals surface area contributed by atoms with Gasteiger partial charge in [0.25, 0.3) is 0 Å². The van der Waals surface area contributed by atoms with Gasteiger partial charge in [0.2, 0.25) is 0 Å². The van der Waals surface area contributed by atoms with Gasteiger partial charge in [-0.1, -0.05) is 158 Å². The van der Waals surface area contributed by atoms with Gasteiger partial charge in [0.05, 0.1) is 12.3 Å². The number of furan rings is 1. The third kappa shape index (κ3) is 4.09. The van der Waals surface area contributed by atoms with Crippen molar-refractivity contribution < 1.29 is 16.8 Å². The van der Waals surface area contributed by atoms with Crippen molar-refractivity contribution >= 4 is 43.5 Å². The Morgan fingerprint density at radius 2 is 0.911 bits per heavy atom. The summed E-state index contributed by atoms with van der Waals surface area (Å²) in [6.07, 6.45) is 0. The molecule has 0 spiro atoms. The highest BCUT2D eigenvalue weighted by atomic mass is 16.3. The molecule has 9 aromatic rings. The van der Waals surface area contributed by atoms with Crippen molar-refractivity contribution in [1.29, 1.82) is 0 Å². The van der Waals surface area contributed by atoms with Gasteiger partial charge in [0.15, 0.2) is 0 Å². The highest BCUT2D eigenvalue weighted by Crippen LogP contribution is 2.50. The van der Waals surface area contributed by atoms with Crippen LogP contribution in [0.5, 0.6) is 0 Å². The average Bonchev–Trinajstić information content (AvgIpc) is 3.58. The van der Waals surface area contributed by atoms with Crippen LogP contribution in [0, 0.1) is 0 Å². The van der Waals surface area contributed by atoms with E-state index >= 15 is 0 Å². The summed E-state index contributed by atoms with van der Waals surface area (Å²) in [4.78, 5) is 0. The van der Waals surface area contributed by atoms with Gasteiger partial charge in [-0.25, -0.2) is 0 Å². The Labute approximate surface area is 274 Å². The topological polar surface area (TPSA) is 13.1 Å². The Kier molecular flexibility index (Phi) is 4.15. The van der Waals surface area contributed by atoms with E-state index in [0.717, 1.165) is 5.39 Å². The van der Waals surface area contributed by atoms with Gasteiger partial charge in [0, 0.05) is 16.3 Å². The lowest BCUT2D eigenvalue weighted by molar-refractivity contribution is 0.669. The summed E-state index contributed by atoms with van der Waals surface area (Å²) >= 11 is 0. The molecule has 210 valence electrons. The van der Waals surface area contributed by atoms with E-state index < -0.39 is 18.1 Å². The predicted octanol–water partition coefficient (Wildman–Crippen LogP) is 12.6. The molecule has 45 heavy (non-hydrogen) atoms. The van der Waals surface area contributed by atoms with Crippen LogP contribution < -0.4 is 0 Å². The van der Waals surface area contributed by atoms with Gasteiger partial charge in [0.1, 0.15) is 11.2 Å². The highest BCUT2D eigenvalue weighted by molar-refractivity contribution is 6.27. The Bertz CT molecular complexity index is 2930. The molecule has 1 nitrogen and oxygen atoms in total. The second-order valence-electron chi connectivity index (χ2n) is 10.9. The molecule has 0 fully saturated rings. The van der Waals surface area contributed by atoms with Gasteiger partial charge in [-0.15, -0.1) is 0 Å². The first-order valence-corrected chi connectivity index (χ1v) is 14.7. The number of benzene rings is 8. The van der Waals surface area contributed by atoms with E-state index in [1.54, 1.807) is 36.4 Å². The maximum Gasteiger partial charge on any atom is 0.136 e. The summed E-state index contributed by atoms with van der Waals surface area (Å²) in [5.41, 5.74) is 4.48. The maximum absolute atomic E-state index is 9.36. The van der Waals surface area contributed by atoms with E-state index in [1.165, 1.54) is 0 Å². The first-order chi connectivity index (χ1) is 26.1. The van der Waals surface area contributed by atoms with Crippen molar-refractivity contribution in [3.8, 4) is 44.5 Å². The molecule has 0 amide bonds. The molecule has 1 heteroatoms. The molecule has 1 heterocycles. The van der Waals surface area contributed by atoms with Crippen molar-refractivity contribution in [2.45, 2.75) is 0 Å². The van der Waals surface area contributed by atoms with Crippen LogP contribution in [0.3, 0.4) is 0 Å². The SMILES string of the molecule is [2H]c1c([2H])c([2H])c(-c2ccc3oc4ccccc4c3c2-c2c3ccccc3c(-c3c([2H])c([2H])c(-c4ccccc4)c([2H])c3[2H])c3ccccc23)c([2H])c1[2H]. The fourth-order valence-corrected chi connectivity index (χ4v) is 6.52. The van der Waals surface area contributed by atoms with Crippen molar-refractivity contribution in [3.63, 3.8) is 0 Å². The van der Waals surface area contributed by atoms with Gasteiger partial charge >= 0.3 is 0 Å². The van der Waals surface area contributed by atoms with Gasteiger partial charge < -0.3 is 4.42 Å². The molecule has 0 unspecified atom stereocenters. The summed E-state index contributed by atoms with van der Waals surface area (Å²) in [5, 5.41) is 4.23. The molecule has 0 aliphatic carbocycles. The lowest BCUT2D eigenvalue weighted by atomic mass is 9.82. The Morgan fingerprint density at radius 1 is 0.356 bits per heavy atom. The third-order valence-corrected chi connectivity index (χ3v) is 8.43. The van der Waals surface area contributed by atoms with Crippen molar-refractivity contribution in [3.05, 3.63) is 170 Å². The van der Waals surface area contributed by atoms with E-state index in [1.807, 2.05) is 78.9 Å². The maximum atomic E-state index is 9.36. The van der Waals surface area contributed by atoms with Crippen LogP contribution in [-0.4, -0.2) is 0 Å². The van der Waals surface area contributed by atoms with Crippen molar-refractivity contribution in [1.82, 2.24) is 0 Å². The second-order valence-corrected chi connectivity index (χ2v) is 10.9. The quantitative estimate of drug-likeness (QED) is 0.188. The molecule has 1 aromatic heterocycles. The third-order valence-electron chi connectivity index (χ3n) is 8.43. The molecule has 9 rings (SSSR count). The van der Waals surface area contributed by atoms with E-state index in [0.29, 0.717) is 65.9 Å². The molecule has 0 saturated heterocycles. The van der Waals surface area contributed by atoms with E-state index in [2.05, 4.69) is 0 Å². The predicted molar refractivity (Wildman–Crippen MR) is 190 cm³/mol. The normalized spacial score (nSPS) is 14.4. The van der Waals surface area contributed by atoms with E-state index in [4.69, 9.17) is 14.0 Å². The minimum Gasteiger partial charge on any atom is -0.456 e. The minimum absolute atomic E-state index is 0.0523.